The van der Waals surface area contributed by atoms with E-state index < -0.39 is 0 Å². The van der Waals surface area contributed by atoms with Crippen LogP contribution in [0.25, 0.3) is 0 Å². The molecule has 58 valence electrons. The van der Waals surface area contributed by atoms with E-state index in [0.717, 1.165) is 19.6 Å². The van der Waals surface area contributed by atoms with Crippen molar-refractivity contribution in [2.45, 2.75) is 6.04 Å². The Morgan fingerprint density at radius 1 is 1.80 bits per heavy atom. The molecule has 1 atom stereocenters. The van der Waals surface area contributed by atoms with Gasteiger partial charge in [0.05, 0.1) is 6.04 Å². The molecule has 0 aromatic carbocycles. The maximum absolute atomic E-state index is 10.6. The zero-order valence-electron chi connectivity index (χ0n) is 5.93. The number of halogens is 1. The summed E-state index contributed by atoms with van der Waals surface area (Å²) in [6.07, 6.45) is 0. The largest absolute Gasteiger partial charge is 0.304 e. The van der Waals surface area contributed by atoms with Crippen LogP contribution in [0.2, 0.25) is 0 Å². The number of carbonyl (C=O) groups is 1. The number of piperazine rings is 1. The predicted molar refractivity (Wildman–Crippen MR) is 40.1 cm³/mol. The molecule has 0 saturated carbocycles. The fourth-order valence-electron chi connectivity index (χ4n) is 1.05. The van der Waals surface area contributed by atoms with Crippen LogP contribution in [-0.4, -0.2) is 42.9 Å². The highest BCUT2D eigenvalue weighted by Gasteiger charge is 2.20. The zero-order valence-corrected chi connectivity index (χ0v) is 6.69. The maximum Gasteiger partial charge on any atom is 0.239 e. The fourth-order valence-corrected chi connectivity index (χ4v) is 1.20. The van der Waals surface area contributed by atoms with Crippen LogP contribution < -0.4 is 5.32 Å². The first-order chi connectivity index (χ1) is 4.70. The van der Waals surface area contributed by atoms with Crippen LogP contribution in [0.5, 0.6) is 0 Å². The molecule has 3 nitrogen and oxygen atoms in total. The first kappa shape index (κ1) is 7.98. The Bertz CT molecular complexity index is 140. The van der Waals surface area contributed by atoms with Gasteiger partial charge in [-0.3, -0.25) is 4.79 Å². The van der Waals surface area contributed by atoms with Gasteiger partial charge in [0.15, 0.2) is 0 Å². The molecule has 1 fully saturated rings. The predicted octanol–water partition coefficient (Wildman–Crippen LogP) is -0.345. The van der Waals surface area contributed by atoms with E-state index in [1.165, 1.54) is 0 Å². The molecule has 0 amide bonds. The van der Waals surface area contributed by atoms with E-state index in [-0.39, 0.29) is 11.3 Å². The summed E-state index contributed by atoms with van der Waals surface area (Å²) in [6.45, 7) is 2.56. The number of rotatable bonds is 1. The quantitative estimate of drug-likeness (QED) is 0.536. The lowest BCUT2D eigenvalue weighted by Crippen LogP contribution is -2.51. The Morgan fingerprint density at radius 3 is 2.90 bits per heavy atom. The molecule has 0 aromatic rings. The monoisotopic (exact) mass is 162 g/mol. The smallest absolute Gasteiger partial charge is 0.239 e. The van der Waals surface area contributed by atoms with Gasteiger partial charge < -0.3 is 10.2 Å². The summed E-state index contributed by atoms with van der Waals surface area (Å²) in [7, 11) is 1.98. The second-order valence-corrected chi connectivity index (χ2v) is 2.95. The van der Waals surface area contributed by atoms with Crippen molar-refractivity contribution in [3.63, 3.8) is 0 Å². The second-order valence-electron chi connectivity index (χ2n) is 2.57. The van der Waals surface area contributed by atoms with E-state index in [2.05, 4.69) is 10.2 Å². The standard InChI is InChI=1S/C6H11ClN2O/c1-9-3-2-8-5(4-9)6(7)10/h5,8H,2-4H2,1H3. The minimum Gasteiger partial charge on any atom is -0.304 e. The molecule has 0 aliphatic carbocycles. The van der Waals surface area contributed by atoms with E-state index in [9.17, 15) is 4.79 Å². The summed E-state index contributed by atoms with van der Waals surface area (Å²) < 4.78 is 0. The SMILES string of the molecule is CN1CCNC(C(=O)Cl)C1. The van der Waals surface area contributed by atoms with Crippen LogP contribution in [-0.2, 0) is 4.79 Å². The second kappa shape index (κ2) is 3.32. The molecular weight excluding hydrogens is 152 g/mol. The molecule has 1 N–H and O–H groups in total. The molecule has 0 aromatic heterocycles. The van der Waals surface area contributed by atoms with Gasteiger partial charge in [-0.05, 0) is 18.6 Å². The molecule has 1 saturated heterocycles. The summed E-state index contributed by atoms with van der Waals surface area (Å²) in [5.74, 6) is 0. The Balaban J connectivity index is 2.39. The molecule has 0 radical (unpaired) electrons. The minimum atomic E-state index is -0.286. The third-order valence-electron chi connectivity index (χ3n) is 1.65. The van der Waals surface area contributed by atoms with Crippen LogP contribution in [0.1, 0.15) is 0 Å². The Morgan fingerprint density at radius 2 is 2.50 bits per heavy atom. The lowest BCUT2D eigenvalue weighted by Gasteiger charge is -2.28. The van der Waals surface area contributed by atoms with Crippen molar-refractivity contribution in [2.24, 2.45) is 0 Å². The molecule has 1 rings (SSSR count). The average Bonchev–Trinajstić information content (AvgIpc) is 1.88. The summed E-state index contributed by atoms with van der Waals surface area (Å²) >= 11 is 5.29. The number of nitrogens with zero attached hydrogens (tertiary/aromatic N) is 1. The van der Waals surface area contributed by atoms with Crippen molar-refractivity contribution in [1.82, 2.24) is 10.2 Å². The Labute approximate surface area is 65.3 Å². The maximum atomic E-state index is 10.6. The topological polar surface area (TPSA) is 32.3 Å². The molecule has 1 aliphatic heterocycles. The Hall–Kier alpha value is -0.120. The van der Waals surface area contributed by atoms with Gasteiger partial charge >= 0.3 is 0 Å². The van der Waals surface area contributed by atoms with Crippen LogP contribution >= 0.6 is 11.6 Å². The van der Waals surface area contributed by atoms with E-state index in [1.54, 1.807) is 0 Å². The van der Waals surface area contributed by atoms with Gasteiger partial charge in [0.25, 0.3) is 0 Å². The number of hydrogen-bond acceptors (Lipinski definition) is 3. The third-order valence-corrected chi connectivity index (χ3v) is 1.92. The van der Waals surface area contributed by atoms with Crippen LogP contribution in [0.4, 0.5) is 0 Å². The molecule has 4 heteroatoms. The lowest BCUT2D eigenvalue weighted by molar-refractivity contribution is -0.114. The van der Waals surface area contributed by atoms with Gasteiger partial charge in [0.2, 0.25) is 5.24 Å². The van der Waals surface area contributed by atoms with E-state index in [0.29, 0.717) is 0 Å². The summed E-state index contributed by atoms with van der Waals surface area (Å²) in [5.41, 5.74) is 0. The lowest BCUT2D eigenvalue weighted by atomic mass is 10.2. The first-order valence-electron chi connectivity index (χ1n) is 3.31. The van der Waals surface area contributed by atoms with Crippen molar-refractivity contribution < 1.29 is 4.79 Å². The fraction of sp³-hybridized carbons (Fsp3) is 0.833. The highest BCUT2D eigenvalue weighted by Crippen LogP contribution is 1.98. The zero-order chi connectivity index (χ0) is 7.56. The normalized spacial score (nSPS) is 28.4. The van der Waals surface area contributed by atoms with Crippen molar-refractivity contribution in [1.29, 1.82) is 0 Å². The van der Waals surface area contributed by atoms with Crippen molar-refractivity contribution in [2.75, 3.05) is 26.7 Å². The van der Waals surface area contributed by atoms with Gasteiger partial charge in [-0.2, -0.15) is 0 Å². The number of likely N-dealkylation sites (N-methyl/N-ethyl adjacent to an activating group) is 1. The van der Waals surface area contributed by atoms with Gasteiger partial charge in [-0.15, -0.1) is 0 Å². The molecular formula is C6H11ClN2O. The molecule has 0 bridgehead atoms. The average molecular weight is 163 g/mol. The number of nitrogens with one attached hydrogen (secondary N) is 1. The Kier molecular flexibility index (Phi) is 2.65. The first-order valence-corrected chi connectivity index (χ1v) is 3.69. The van der Waals surface area contributed by atoms with Crippen molar-refractivity contribution >= 4 is 16.8 Å². The molecule has 1 unspecified atom stereocenters. The van der Waals surface area contributed by atoms with Crippen LogP contribution in [0.15, 0.2) is 0 Å². The third kappa shape index (κ3) is 1.94. The summed E-state index contributed by atoms with van der Waals surface area (Å²) in [6, 6.07) is -0.166. The van der Waals surface area contributed by atoms with Gasteiger partial charge in [0.1, 0.15) is 0 Å². The van der Waals surface area contributed by atoms with Gasteiger partial charge in [-0.1, -0.05) is 0 Å². The van der Waals surface area contributed by atoms with E-state index >= 15 is 0 Å². The highest BCUT2D eigenvalue weighted by atomic mass is 35.5. The van der Waals surface area contributed by atoms with Gasteiger partial charge in [0, 0.05) is 19.6 Å². The number of hydrogen-bond donors (Lipinski definition) is 1. The van der Waals surface area contributed by atoms with E-state index in [1.807, 2.05) is 7.05 Å². The molecule has 0 spiro atoms. The van der Waals surface area contributed by atoms with Crippen LogP contribution in [0.3, 0.4) is 0 Å². The summed E-state index contributed by atoms with van der Waals surface area (Å²) in [5, 5.41) is 2.74. The minimum absolute atomic E-state index is 0.166. The molecule has 1 heterocycles. The highest BCUT2D eigenvalue weighted by molar-refractivity contribution is 6.64. The van der Waals surface area contributed by atoms with Crippen molar-refractivity contribution in [3.8, 4) is 0 Å². The van der Waals surface area contributed by atoms with Gasteiger partial charge in [-0.25, -0.2) is 0 Å². The van der Waals surface area contributed by atoms with Crippen molar-refractivity contribution in [3.05, 3.63) is 0 Å². The molecule has 1 aliphatic rings. The summed E-state index contributed by atoms with van der Waals surface area (Å²) in [4.78, 5) is 12.7. The molecule has 10 heavy (non-hydrogen) atoms. The number of carbonyl (C=O) groups excluding carboxylic acids is 1. The van der Waals surface area contributed by atoms with Crippen LogP contribution in [0, 0.1) is 0 Å². The van der Waals surface area contributed by atoms with E-state index in [4.69, 9.17) is 11.6 Å².